The summed E-state index contributed by atoms with van der Waals surface area (Å²) in [6.45, 7) is 2.11. The molecule has 34 heavy (non-hydrogen) atoms. The van der Waals surface area contributed by atoms with Crippen molar-refractivity contribution >= 4 is 23.2 Å². The largest absolute Gasteiger partial charge is 0.480 e. The average molecular weight is 463 g/mol. The fraction of sp³-hybridized carbons (Fsp3) is 0.200. The number of fused-ring (bicyclic) bond motifs is 1. The zero-order valence-corrected chi connectivity index (χ0v) is 18.4. The van der Waals surface area contributed by atoms with E-state index in [4.69, 9.17) is 4.74 Å². The molecule has 1 aliphatic heterocycles. The molecule has 2 amide bonds. The molecule has 4 rings (SSSR count). The number of nitro groups is 1. The van der Waals surface area contributed by atoms with Gasteiger partial charge in [0.1, 0.15) is 11.6 Å². The first-order valence-electron chi connectivity index (χ1n) is 10.7. The van der Waals surface area contributed by atoms with E-state index in [9.17, 15) is 24.1 Å². The van der Waals surface area contributed by atoms with Crippen molar-refractivity contribution in [1.29, 1.82) is 0 Å². The summed E-state index contributed by atoms with van der Waals surface area (Å²) in [5.74, 6) is -0.545. The van der Waals surface area contributed by atoms with Crippen LogP contribution in [0.5, 0.6) is 5.75 Å². The van der Waals surface area contributed by atoms with Crippen LogP contribution in [0.4, 0.5) is 15.8 Å². The second-order valence-corrected chi connectivity index (χ2v) is 7.88. The van der Waals surface area contributed by atoms with E-state index in [1.54, 1.807) is 41.3 Å². The molecule has 0 aliphatic carbocycles. The molecule has 0 spiro atoms. The van der Waals surface area contributed by atoms with E-state index in [1.165, 1.54) is 30.3 Å². The van der Waals surface area contributed by atoms with E-state index in [1.807, 2.05) is 6.92 Å². The predicted octanol–water partition coefficient (Wildman–Crippen LogP) is 4.69. The number of benzene rings is 3. The summed E-state index contributed by atoms with van der Waals surface area (Å²) in [4.78, 5) is 37.5. The van der Waals surface area contributed by atoms with Crippen LogP contribution < -0.4 is 10.1 Å². The van der Waals surface area contributed by atoms with Gasteiger partial charge in [0.05, 0.1) is 4.92 Å². The van der Waals surface area contributed by atoms with Crippen LogP contribution in [-0.4, -0.2) is 27.7 Å². The molecule has 1 atom stereocenters. The molecule has 8 nitrogen and oxygen atoms in total. The number of non-ortho nitro benzene ring substituents is 1. The first kappa shape index (κ1) is 22.9. The SMILES string of the molecule is CC[C@@H]1Oc2ccc(NC(=O)c3ccc([N+](=O)[O-])cc3)cc2CN(Cc2ccccc2F)C1=O. The van der Waals surface area contributed by atoms with Gasteiger partial charge in [0.25, 0.3) is 17.5 Å². The van der Waals surface area contributed by atoms with Crippen molar-refractivity contribution in [1.82, 2.24) is 4.90 Å². The average Bonchev–Trinajstić information content (AvgIpc) is 2.96. The van der Waals surface area contributed by atoms with E-state index in [-0.39, 0.29) is 30.2 Å². The van der Waals surface area contributed by atoms with Crippen molar-refractivity contribution in [3.05, 3.63) is 99.4 Å². The zero-order chi connectivity index (χ0) is 24.2. The standard InChI is InChI=1S/C25H22FN3O5/c1-2-22-25(31)28(14-17-5-3-4-6-21(17)26)15-18-13-19(9-12-23(18)34-22)27-24(30)16-7-10-20(11-8-16)29(32)33/h3-13,22H,2,14-15H2,1H3,(H,27,30)/t22-/m0/s1. The Hall–Kier alpha value is -4.27. The third-order valence-electron chi connectivity index (χ3n) is 5.57. The van der Waals surface area contributed by atoms with Gasteiger partial charge in [-0.25, -0.2) is 4.39 Å². The molecule has 3 aromatic rings. The van der Waals surface area contributed by atoms with Gasteiger partial charge in [-0.2, -0.15) is 0 Å². The number of carbonyl (C=O) groups is 2. The Morgan fingerprint density at radius 2 is 1.91 bits per heavy atom. The summed E-state index contributed by atoms with van der Waals surface area (Å²) in [6.07, 6.45) is -0.251. The molecule has 0 unspecified atom stereocenters. The molecular formula is C25H22FN3O5. The number of rotatable bonds is 6. The number of halogens is 1. The lowest BCUT2D eigenvalue weighted by molar-refractivity contribution is -0.384. The minimum absolute atomic E-state index is 0.0875. The predicted molar refractivity (Wildman–Crippen MR) is 123 cm³/mol. The second-order valence-electron chi connectivity index (χ2n) is 7.88. The minimum Gasteiger partial charge on any atom is -0.480 e. The summed E-state index contributed by atoms with van der Waals surface area (Å²) in [6, 6.07) is 16.6. The topological polar surface area (TPSA) is 102 Å². The number of ether oxygens (including phenoxy) is 1. The van der Waals surface area contributed by atoms with Crippen LogP contribution in [0.25, 0.3) is 0 Å². The molecular weight excluding hydrogens is 441 g/mol. The molecule has 1 aliphatic rings. The number of hydrogen-bond donors (Lipinski definition) is 1. The lowest BCUT2D eigenvalue weighted by Crippen LogP contribution is -2.39. The van der Waals surface area contributed by atoms with Gasteiger partial charge in [0.2, 0.25) is 0 Å². The van der Waals surface area contributed by atoms with E-state index in [0.717, 1.165) is 0 Å². The second kappa shape index (κ2) is 9.70. The Labute approximate surface area is 195 Å². The van der Waals surface area contributed by atoms with Crippen LogP contribution in [0, 0.1) is 15.9 Å². The summed E-state index contributed by atoms with van der Waals surface area (Å²) < 4.78 is 20.2. The Morgan fingerprint density at radius 3 is 2.59 bits per heavy atom. The number of carbonyl (C=O) groups excluding carboxylic acids is 2. The zero-order valence-electron chi connectivity index (χ0n) is 18.4. The van der Waals surface area contributed by atoms with Gasteiger partial charge in [0, 0.05) is 47.6 Å². The molecule has 0 bridgehead atoms. The summed E-state index contributed by atoms with van der Waals surface area (Å²) in [5, 5.41) is 13.6. The van der Waals surface area contributed by atoms with E-state index in [2.05, 4.69) is 5.32 Å². The van der Waals surface area contributed by atoms with Crippen LogP contribution >= 0.6 is 0 Å². The number of nitro benzene ring substituents is 1. The first-order valence-corrected chi connectivity index (χ1v) is 10.7. The maximum Gasteiger partial charge on any atom is 0.269 e. The Morgan fingerprint density at radius 1 is 1.18 bits per heavy atom. The van der Waals surface area contributed by atoms with Gasteiger partial charge in [-0.15, -0.1) is 0 Å². The number of nitrogens with zero attached hydrogens (tertiary/aromatic N) is 2. The number of nitrogens with one attached hydrogen (secondary N) is 1. The number of hydrogen-bond acceptors (Lipinski definition) is 5. The van der Waals surface area contributed by atoms with E-state index < -0.39 is 22.8 Å². The fourth-order valence-corrected chi connectivity index (χ4v) is 3.75. The maximum absolute atomic E-state index is 14.2. The molecule has 0 aromatic heterocycles. The molecule has 3 aromatic carbocycles. The van der Waals surface area contributed by atoms with Crippen molar-refractivity contribution in [3.63, 3.8) is 0 Å². The number of amides is 2. The van der Waals surface area contributed by atoms with Gasteiger partial charge in [0.15, 0.2) is 6.10 Å². The smallest absolute Gasteiger partial charge is 0.269 e. The van der Waals surface area contributed by atoms with Crippen LogP contribution in [-0.2, 0) is 17.9 Å². The Kier molecular flexibility index (Phi) is 6.53. The highest BCUT2D eigenvalue weighted by Gasteiger charge is 2.30. The van der Waals surface area contributed by atoms with Gasteiger partial charge in [-0.3, -0.25) is 19.7 Å². The molecule has 0 saturated heterocycles. The van der Waals surface area contributed by atoms with Crippen molar-refractivity contribution < 1.29 is 23.6 Å². The van der Waals surface area contributed by atoms with Crippen LogP contribution in [0.1, 0.15) is 34.8 Å². The highest BCUT2D eigenvalue weighted by atomic mass is 19.1. The lowest BCUT2D eigenvalue weighted by atomic mass is 10.1. The van der Waals surface area contributed by atoms with Gasteiger partial charge >= 0.3 is 0 Å². The van der Waals surface area contributed by atoms with E-state index >= 15 is 0 Å². The van der Waals surface area contributed by atoms with Crippen molar-refractivity contribution in [3.8, 4) is 5.75 Å². The Balaban J connectivity index is 1.57. The summed E-state index contributed by atoms with van der Waals surface area (Å²) in [7, 11) is 0. The minimum atomic E-state index is -0.700. The van der Waals surface area contributed by atoms with Gasteiger partial charge in [-0.1, -0.05) is 25.1 Å². The Bertz CT molecular complexity index is 1250. The molecule has 0 fully saturated rings. The van der Waals surface area contributed by atoms with Crippen LogP contribution in [0.15, 0.2) is 66.7 Å². The maximum atomic E-state index is 14.2. The lowest BCUT2D eigenvalue weighted by Gasteiger charge is -2.23. The van der Waals surface area contributed by atoms with Crippen molar-refractivity contribution in [2.75, 3.05) is 5.32 Å². The monoisotopic (exact) mass is 463 g/mol. The first-order chi connectivity index (χ1) is 16.4. The van der Waals surface area contributed by atoms with Crippen molar-refractivity contribution in [2.45, 2.75) is 32.5 Å². The highest BCUT2D eigenvalue weighted by Crippen LogP contribution is 2.30. The van der Waals surface area contributed by atoms with Crippen LogP contribution in [0.2, 0.25) is 0 Å². The number of anilines is 1. The van der Waals surface area contributed by atoms with Gasteiger partial charge in [-0.05, 0) is 42.8 Å². The molecule has 1 heterocycles. The summed E-state index contributed by atoms with van der Waals surface area (Å²) in [5.41, 5.74) is 1.70. The quantitative estimate of drug-likeness (QED) is 0.422. The van der Waals surface area contributed by atoms with E-state index in [0.29, 0.717) is 29.0 Å². The molecule has 174 valence electrons. The third-order valence-corrected chi connectivity index (χ3v) is 5.57. The molecule has 1 N–H and O–H groups in total. The van der Waals surface area contributed by atoms with Crippen LogP contribution in [0.3, 0.4) is 0 Å². The summed E-state index contributed by atoms with van der Waals surface area (Å²) >= 11 is 0. The van der Waals surface area contributed by atoms with Crippen molar-refractivity contribution in [2.24, 2.45) is 0 Å². The van der Waals surface area contributed by atoms with Gasteiger partial charge < -0.3 is 15.0 Å². The highest BCUT2D eigenvalue weighted by molar-refractivity contribution is 6.04. The molecule has 9 heteroatoms. The third kappa shape index (κ3) is 4.88. The molecule has 0 saturated carbocycles. The normalized spacial score (nSPS) is 15.2. The molecule has 0 radical (unpaired) electrons. The fourth-order valence-electron chi connectivity index (χ4n) is 3.75.